The largest absolute Gasteiger partial charge is 0.495 e. The fourth-order valence-corrected chi connectivity index (χ4v) is 3.73. The summed E-state index contributed by atoms with van der Waals surface area (Å²) in [5.74, 6) is 2.10. The summed E-state index contributed by atoms with van der Waals surface area (Å²) in [5.41, 5.74) is 8.49. The molecule has 35 heavy (non-hydrogen) atoms. The minimum absolute atomic E-state index is 0.0957. The maximum Gasteiger partial charge on any atom is 0.243 e. The van der Waals surface area contributed by atoms with Gasteiger partial charge in [0.15, 0.2) is 17.3 Å². The summed E-state index contributed by atoms with van der Waals surface area (Å²) in [6.07, 6.45) is 1.68. The number of benzene rings is 2. The quantitative estimate of drug-likeness (QED) is 0.389. The highest BCUT2D eigenvalue weighted by molar-refractivity contribution is 6.37. The number of aromatic nitrogens is 1. The minimum atomic E-state index is -0.335. The number of hydrogen-bond acceptors (Lipinski definition) is 8. The molecular formula is C25H30ClN3O6. The molecule has 1 aromatic heterocycles. The number of anilines is 1. The second-order valence-electron chi connectivity index (χ2n) is 8.16. The fourth-order valence-electron chi connectivity index (χ4n) is 3.53. The third-order valence-electron chi connectivity index (χ3n) is 5.68. The summed E-state index contributed by atoms with van der Waals surface area (Å²) < 4.78 is 28.4. The molecule has 1 atom stereocenters. The SMILES string of the molecule is COc1ccc(-c2cnoc2-c2cc(OC)c(OC)c(OC)c2)cc1N(Cl)C(=O)CC(N)C(C)C. The zero-order chi connectivity index (χ0) is 25.7. The van der Waals surface area contributed by atoms with Gasteiger partial charge in [0.25, 0.3) is 0 Å². The third kappa shape index (κ3) is 5.47. The summed E-state index contributed by atoms with van der Waals surface area (Å²) in [5, 5.41) is 3.99. The molecule has 0 aliphatic rings. The molecule has 10 heteroatoms. The Bertz CT molecular complexity index is 1150. The van der Waals surface area contributed by atoms with Gasteiger partial charge in [0, 0.05) is 35.4 Å². The molecule has 0 saturated carbocycles. The molecule has 0 radical (unpaired) electrons. The van der Waals surface area contributed by atoms with Crippen molar-refractivity contribution in [2.45, 2.75) is 26.3 Å². The zero-order valence-electron chi connectivity index (χ0n) is 20.6. The summed E-state index contributed by atoms with van der Waals surface area (Å²) >= 11 is 6.45. The molecule has 0 aliphatic carbocycles. The van der Waals surface area contributed by atoms with E-state index in [0.29, 0.717) is 51.1 Å². The van der Waals surface area contributed by atoms with Gasteiger partial charge in [0.1, 0.15) is 11.4 Å². The van der Waals surface area contributed by atoms with Crippen LogP contribution in [0.5, 0.6) is 23.0 Å². The highest BCUT2D eigenvalue weighted by atomic mass is 35.5. The van der Waals surface area contributed by atoms with Gasteiger partial charge in [-0.15, -0.1) is 0 Å². The van der Waals surface area contributed by atoms with Gasteiger partial charge in [-0.3, -0.25) is 4.79 Å². The zero-order valence-corrected chi connectivity index (χ0v) is 21.4. The molecule has 2 N–H and O–H groups in total. The number of rotatable bonds is 10. The number of carbonyl (C=O) groups excluding carboxylic acids is 1. The molecule has 1 heterocycles. The van der Waals surface area contributed by atoms with Crippen molar-refractivity contribution in [2.24, 2.45) is 11.7 Å². The van der Waals surface area contributed by atoms with E-state index >= 15 is 0 Å². The Balaban J connectivity index is 2.05. The van der Waals surface area contributed by atoms with Crippen molar-refractivity contribution in [2.75, 3.05) is 32.9 Å². The summed E-state index contributed by atoms with van der Waals surface area (Å²) in [7, 11) is 6.12. The highest BCUT2D eigenvalue weighted by Gasteiger charge is 2.24. The van der Waals surface area contributed by atoms with Crippen LogP contribution in [0.25, 0.3) is 22.5 Å². The number of hydrogen-bond donors (Lipinski definition) is 1. The average molecular weight is 504 g/mol. The van der Waals surface area contributed by atoms with Crippen LogP contribution in [0.3, 0.4) is 0 Å². The number of ether oxygens (including phenoxy) is 4. The van der Waals surface area contributed by atoms with Crippen LogP contribution < -0.4 is 29.1 Å². The Morgan fingerprint density at radius 3 is 2.17 bits per heavy atom. The van der Waals surface area contributed by atoms with E-state index in [0.717, 1.165) is 4.42 Å². The van der Waals surface area contributed by atoms with Gasteiger partial charge in [-0.1, -0.05) is 25.1 Å². The normalized spacial score (nSPS) is 11.8. The number of methoxy groups -OCH3 is 4. The van der Waals surface area contributed by atoms with Crippen LogP contribution in [0, 0.1) is 5.92 Å². The van der Waals surface area contributed by atoms with E-state index in [1.807, 2.05) is 19.9 Å². The van der Waals surface area contributed by atoms with Crippen LogP contribution in [0.1, 0.15) is 20.3 Å². The Kier molecular flexibility index (Phi) is 8.48. The van der Waals surface area contributed by atoms with Gasteiger partial charge >= 0.3 is 0 Å². The first-order valence-electron chi connectivity index (χ1n) is 10.9. The molecule has 9 nitrogen and oxygen atoms in total. The maximum absolute atomic E-state index is 12.8. The van der Waals surface area contributed by atoms with E-state index in [-0.39, 0.29) is 24.3 Å². The fraction of sp³-hybridized carbons (Fsp3) is 0.360. The molecular weight excluding hydrogens is 474 g/mol. The van der Waals surface area contributed by atoms with Crippen molar-refractivity contribution in [3.63, 3.8) is 0 Å². The summed E-state index contributed by atoms with van der Waals surface area (Å²) in [4.78, 5) is 12.8. The molecule has 0 spiro atoms. The van der Waals surface area contributed by atoms with E-state index in [2.05, 4.69) is 5.16 Å². The second kappa shape index (κ2) is 11.3. The van der Waals surface area contributed by atoms with E-state index in [1.165, 1.54) is 28.4 Å². The Hall–Kier alpha value is -3.43. The van der Waals surface area contributed by atoms with E-state index < -0.39 is 0 Å². The topological polar surface area (TPSA) is 109 Å². The lowest BCUT2D eigenvalue weighted by Crippen LogP contribution is -2.34. The van der Waals surface area contributed by atoms with Gasteiger partial charge in [0.05, 0.1) is 34.6 Å². The standard InChI is InChI=1S/C25H30ClN3O6/c1-14(2)18(27)12-23(30)29(26)19-9-15(7-8-20(19)31-3)17-13-28-35-24(17)16-10-21(32-4)25(34-6)22(11-16)33-5/h7-11,13-14,18H,12,27H2,1-6H3. The van der Waals surface area contributed by atoms with Crippen LogP contribution in [0.4, 0.5) is 5.69 Å². The van der Waals surface area contributed by atoms with Gasteiger partial charge in [0.2, 0.25) is 11.7 Å². The molecule has 1 unspecified atom stereocenters. The smallest absolute Gasteiger partial charge is 0.243 e. The number of halogens is 1. The van der Waals surface area contributed by atoms with E-state index in [1.54, 1.807) is 30.5 Å². The lowest BCUT2D eigenvalue weighted by molar-refractivity contribution is -0.118. The Labute approximate surface area is 209 Å². The van der Waals surface area contributed by atoms with Crippen LogP contribution in [0.2, 0.25) is 0 Å². The molecule has 0 aliphatic heterocycles. The van der Waals surface area contributed by atoms with Crippen LogP contribution in [-0.4, -0.2) is 45.5 Å². The molecule has 2 aromatic carbocycles. The summed E-state index contributed by atoms with van der Waals surface area (Å²) in [6, 6.07) is 8.50. The number of nitrogens with two attached hydrogens (primary N) is 1. The van der Waals surface area contributed by atoms with Crippen molar-refractivity contribution in [3.05, 3.63) is 36.5 Å². The molecule has 3 rings (SSSR count). The molecule has 188 valence electrons. The third-order valence-corrected chi connectivity index (χ3v) is 6.05. The van der Waals surface area contributed by atoms with Crippen LogP contribution >= 0.6 is 11.8 Å². The van der Waals surface area contributed by atoms with Crippen molar-refractivity contribution in [3.8, 4) is 45.4 Å². The molecule has 1 amide bonds. The van der Waals surface area contributed by atoms with Gasteiger partial charge in [-0.2, -0.15) is 0 Å². The predicted octanol–water partition coefficient (Wildman–Crippen LogP) is 4.90. The lowest BCUT2D eigenvalue weighted by Gasteiger charge is -2.21. The van der Waals surface area contributed by atoms with Gasteiger partial charge in [-0.05, 0) is 35.7 Å². The predicted molar refractivity (Wildman–Crippen MR) is 134 cm³/mol. The number of amides is 1. The van der Waals surface area contributed by atoms with Crippen molar-refractivity contribution in [1.82, 2.24) is 5.16 Å². The van der Waals surface area contributed by atoms with Gasteiger partial charge in [-0.25, -0.2) is 4.42 Å². The van der Waals surface area contributed by atoms with Crippen molar-refractivity contribution < 1.29 is 28.3 Å². The first kappa shape index (κ1) is 26.2. The maximum atomic E-state index is 12.8. The first-order chi connectivity index (χ1) is 16.7. The molecule has 0 saturated heterocycles. The lowest BCUT2D eigenvalue weighted by atomic mass is 10.0. The summed E-state index contributed by atoms with van der Waals surface area (Å²) in [6.45, 7) is 3.91. The number of nitrogens with zero attached hydrogens (tertiary/aromatic N) is 2. The number of carbonyl (C=O) groups is 1. The van der Waals surface area contributed by atoms with Crippen LogP contribution in [-0.2, 0) is 4.79 Å². The minimum Gasteiger partial charge on any atom is -0.495 e. The molecule has 0 fully saturated rings. The molecule has 3 aromatic rings. The van der Waals surface area contributed by atoms with Crippen molar-refractivity contribution >= 4 is 23.4 Å². The highest BCUT2D eigenvalue weighted by Crippen LogP contribution is 2.44. The Morgan fingerprint density at radius 1 is 1.00 bits per heavy atom. The average Bonchev–Trinajstić information content (AvgIpc) is 3.36. The monoisotopic (exact) mass is 503 g/mol. The van der Waals surface area contributed by atoms with E-state index in [9.17, 15) is 4.79 Å². The first-order valence-corrected chi connectivity index (χ1v) is 11.3. The second-order valence-corrected chi connectivity index (χ2v) is 8.49. The van der Waals surface area contributed by atoms with Crippen molar-refractivity contribution in [1.29, 1.82) is 0 Å². The Morgan fingerprint density at radius 2 is 1.63 bits per heavy atom. The van der Waals surface area contributed by atoms with Gasteiger partial charge < -0.3 is 29.2 Å². The van der Waals surface area contributed by atoms with Crippen LogP contribution in [0.15, 0.2) is 41.1 Å². The molecule has 0 bridgehead atoms. The van der Waals surface area contributed by atoms with E-state index in [4.69, 9.17) is 41.0 Å².